The van der Waals surface area contributed by atoms with Crippen LogP contribution >= 0.6 is 39.1 Å². The second-order valence-electron chi connectivity index (χ2n) is 4.97. The van der Waals surface area contributed by atoms with Crippen LogP contribution in [0.1, 0.15) is 0 Å². The zero-order valence-corrected chi connectivity index (χ0v) is 15.9. The van der Waals surface area contributed by atoms with E-state index in [1.165, 1.54) is 0 Å². The smallest absolute Gasteiger partial charge is 0.373 e. The summed E-state index contributed by atoms with van der Waals surface area (Å²) in [7, 11) is 0. The summed E-state index contributed by atoms with van der Waals surface area (Å²) in [5.74, 6) is 0.158. The van der Waals surface area contributed by atoms with E-state index >= 15 is 0 Å². The molecule has 1 heterocycles. The minimum Gasteiger partial charge on any atom is -0.434 e. The van der Waals surface area contributed by atoms with Crippen LogP contribution in [-0.2, 0) is 0 Å². The van der Waals surface area contributed by atoms with Crippen LogP contribution in [0.15, 0.2) is 53.3 Å². The molecule has 0 atom stereocenters. The number of rotatable bonds is 5. The maximum atomic E-state index is 11.6. The van der Waals surface area contributed by atoms with Gasteiger partial charge in [0.1, 0.15) is 12.1 Å². The Kier molecular flexibility index (Phi) is 5.55. The summed E-state index contributed by atoms with van der Waals surface area (Å²) < 4.78 is 6.40. The van der Waals surface area contributed by atoms with Crippen molar-refractivity contribution in [2.45, 2.75) is 0 Å². The Morgan fingerprint density at radius 3 is 2.35 bits per heavy atom. The first-order chi connectivity index (χ1) is 12.4. The number of benzene rings is 2. The van der Waals surface area contributed by atoms with Gasteiger partial charge >= 0.3 is 11.6 Å². The lowest BCUT2D eigenvalue weighted by molar-refractivity contribution is -0.385. The highest BCUT2D eigenvalue weighted by atomic mass is 79.9. The van der Waals surface area contributed by atoms with Crippen molar-refractivity contribution in [1.29, 1.82) is 0 Å². The Bertz CT molecular complexity index is 950. The molecule has 26 heavy (non-hydrogen) atoms. The van der Waals surface area contributed by atoms with Gasteiger partial charge in [0.05, 0.1) is 4.92 Å². The number of aromatic nitrogens is 2. The minimum absolute atomic E-state index is 0.0459. The number of anilines is 2. The van der Waals surface area contributed by atoms with Gasteiger partial charge in [-0.25, -0.2) is 4.98 Å². The molecule has 0 saturated heterocycles. The van der Waals surface area contributed by atoms with Gasteiger partial charge in [-0.3, -0.25) is 10.1 Å². The number of hydrogen-bond acceptors (Lipinski definition) is 6. The zero-order chi connectivity index (χ0) is 18.7. The molecule has 3 aromatic rings. The van der Waals surface area contributed by atoms with Gasteiger partial charge in [0.25, 0.3) is 0 Å². The summed E-state index contributed by atoms with van der Waals surface area (Å²) in [6.45, 7) is 0. The molecule has 0 aliphatic rings. The molecular weight excluding hydrogens is 447 g/mol. The summed E-state index contributed by atoms with van der Waals surface area (Å²) in [5.41, 5.74) is 0.0328. The number of halogens is 3. The van der Waals surface area contributed by atoms with Crippen molar-refractivity contribution in [1.82, 2.24) is 9.97 Å². The van der Waals surface area contributed by atoms with Crippen LogP contribution in [0.25, 0.3) is 0 Å². The summed E-state index contributed by atoms with van der Waals surface area (Å²) in [5, 5.41) is 15.1. The first kappa shape index (κ1) is 18.4. The fourth-order valence-corrected chi connectivity index (χ4v) is 2.86. The number of nitro groups is 1. The van der Waals surface area contributed by atoms with Gasteiger partial charge in [-0.05, 0) is 42.5 Å². The van der Waals surface area contributed by atoms with Gasteiger partial charge in [0.15, 0.2) is 0 Å². The molecule has 0 saturated carbocycles. The van der Waals surface area contributed by atoms with Crippen LogP contribution in [0.3, 0.4) is 0 Å². The van der Waals surface area contributed by atoms with Crippen molar-refractivity contribution in [2.75, 3.05) is 5.32 Å². The van der Waals surface area contributed by atoms with E-state index in [4.69, 9.17) is 27.9 Å². The van der Waals surface area contributed by atoms with Gasteiger partial charge < -0.3 is 10.1 Å². The summed E-state index contributed by atoms with van der Waals surface area (Å²) in [6, 6.07) is 11.5. The fraction of sp³-hybridized carbons (Fsp3) is 0. The first-order valence-electron chi connectivity index (χ1n) is 7.08. The van der Waals surface area contributed by atoms with Crippen LogP contribution in [-0.4, -0.2) is 14.9 Å². The Morgan fingerprint density at radius 2 is 1.73 bits per heavy atom. The largest absolute Gasteiger partial charge is 0.434 e. The second-order valence-corrected chi connectivity index (χ2v) is 6.76. The quantitative estimate of drug-likeness (QED) is 0.375. The molecule has 1 aromatic heterocycles. The van der Waals surface area contributed by atoms with Crippen molar-refractivity contribution in [3.05, 3.63) is 73.4 Å². The Hall–Kier alpha value is -2.42. The van der Waals surface area contributed by atoms with Gasteiger partial charge in [-0.2, -0.15) is 4.98 Å². The van der Waals surface area contributed by atoms with Crippen LogP contribution in [0.4, 0.5) is 17.2 Å². The molecule has 0 aliphatic heterocycles. The minimum atomic E-state index is -0.622. The van der Waals surface area contributed by atoms with E-state index in [-0.39, 0.29) is 11.7 Å². The van der Waals surface area contributed by atoms with Crippen molar-refractivity contribution in [3.8, 4) is 11.6 Å². The molecule has 3 rings (SSSR count). The molecule has 7 nitrogen and oxygen atoms in total. The summed E-state index contributed by atoms with van der Waals surface area (Å²) >= 11 is 15.2. The third-order valence-electron chi connectivity index (χ3n) is 3.12. The van der Waals surface area contributed by atoms with E-state index < -0.39 is 10.6 Å². The fourth-order valence-electron chi connectivity index (χ4n) is 2.07. The van der Waals surface area contributed by atoms with Crippen molar-refractivity contribution >= 4 is 56.3 Å². The SMILES string of the molecule is O=[N+]([O-])c1c(Nc2cc(Cl)cc(Cl)c2)ncnc1Oc1ccc(Br)cc1. The highest BCUT2D eigenvalue weighted by molar-refractivity contribution is 9.10. The van der Waals surface area contributed by atoms with Gasteiger partial charge in [0, 0.05) is 20.2 Å². The second kappa shape index (κ2) is 7.86. The summed E-state index contributed by atoms with van der Waals surface area (Å²) in [4.78, 5) is 18.7. The topological polar surface area (TPSA) is 90.2 Å². The van der Waals surface area contributed by atoms with Crippen LogP contribution in [0.5, 0.6) is 11.6 Å². The van der Waals surface area contributed by atoms with Crippen molar-refractivity contribution in [2.24, 2.45) is 0 Å². The monoisotopic (exact) mass is 454 g/mol. The molecule has 0 spiro atoms. The van der Waals surface area contributed by atoms with Gasteiger partial charge in [-0.1, -0.05) is 39.1 Å². The molecule has 0 fully saturated rings. The van der Waals surface area contributed by atoms with Crippen LogP contribution in [0, 0.1) is 10.1 Å². The predicted molar refractivity (Wildman–Crippen MR) is 103 cm³/mol. The van der Waals surface area contributed by atoms with Crippen molar-refractivity contribution in [3.63, 3.8) is 0 Å². The molecular formula is C16H9BrCl2N4O3. The molecule has 0 amide bonds. The number of nitrogens with one attached hydrogen (secondary N) is 1. The Labute approximate surface area is 166 Å². The lowest BCUT2D eigenvalue weighted by Gasteiger charge is -2.10. The maximum absolute atomic E-state index is 11.6. The Balaban J connectivity index is 1.98. The number of ether oxygens (including phenoxy) is 1. The molecule has 0 bridgehead atoms. The average Bonchev–Trinajstić information content (AvgIpc) is 2.56. The maximum Gasteiger partial charge on any atom is 0.373 e. The average molecular weight is 456 g/mol. The molecule has 0 unspecified atom stereocenters. The third kappa shape index (κ3) is 4.40. The molecule has 1 N–H and O–H groups in total. The lowest BCUT2D eigenvalue weighted by Crippen LogP contribution is -2.03. The summed E-state index contributed by atoms with van der Waals surface area (Å²) in [6.07, 6.45) is 1.16. The molecule has 2 aromatic carbocycles. The third-order valence-corrected chi connectivity index (χ3v) is 4.09. The highest BCUT2D eigenvalue weighted by Crippen LogP contribution is 2.36. The highest BCUT2D eigenvalue weighted by Gasteiger charge is 2.25. The van der Waals surface area contributed by atoms with Crippen LogP contribution < -0.4 is 10.1 Å². The molecule has 132 valence electrons. The van der Waals surface area contributed by atoms with E-state index in [0.29, 0.717) is 21.5 Å². The van der Waals surface area contributed by atoms with E-state index in [0.717, 1.165) is 10.8 Å². The van der Waals surface area contributed by atoms with E-state index in [1.807, 2.05) is 0 Å². The number of hydrogen-bond donors (Lipinski definition) is 1. The van der Waals surface area contributed by atoms with E-state index in [1.54, 1.807) is 42.5 Å². The van der Waals surface area contributed by atoms with E-state index in [2.05, 4.69) is 31.2 Å². The molecule has 0 radical (unpaired) electrons. The standard InChI is InChI=1S/C16H9BrCl2N4O3/c17-9-1-3-13(4-2-9)26-16-14(23(24)25)15(20-8-21-16)22-12-6-10(18)5-11(19)7-12/h1-8H,(H,20,21,22). The van der Waals surface area contributed by atoms with E-state index in [9.17, 15) is 10.1 Å². The zero-order valence-electron chi connectivity index (χ0n) is 12.8. The van der Waals surface area contributed by atoms with Crippen molar-refractivity contribution < 1.29 is 9.66 Å². The van der Waals surface area contributed by atoms with Gasteiger partial charge in [-0.15, -0.1) is 0 Å². The molecule has 0 aliphatic carbocycles. The Morgan fingerprint density at radius 1 is 1.08 bits per heavy atom. The predicted octanol–water partition coefficient (Wildman–Crippen LogP) is 5.99. The lowest BCUT2D eigenvalue weighted by atomic mass is 10.3. The van der Waals surface area contributed by atoms with Gasteiger partial charge in [0.2, 0.25) is 5.82 Å². The number of nitrogens with zero attached hydrogens (tertiary/aromatic N) is 3. The first-order valence-corrected chi connectivity index (χ1v) is 8.63. The normalized spacial score (nSPS) is 10.4. The van der Waals surface area contributed by atoms with Crippen LogP contribution in [0.2, 0.25) is 10.0 Å². The molecule has 10 heteroatoms.